The van der Waals surface area contributed by atoms with Gasteiger partial charge in [0.05, 0.1) is 18.4 Å². The topological polar surface area (TPSA) is 63.3 Å². The Bertz CT molecular complexity index is 458. The van der Waals surface area contributed by atoms with E-state index >= 15 is 0 Å². The monoisotopic (exact) mass is 283 g/mol. The molecule has 1 aliphatic carbocycles. The molecule has 0 spiro atoms. The third-order valence-corrected chi connectivity index (χ3v) is 4.68. The van der Waals surface area contributed by atoms with Crippen LogP contribution in [0.25, 0.3) is 0 Å². The van der Waals surface area contributed by atoms with Gasteiger partial charge in [-0.25, -0.2) is 4.98 Å². The summed E-state index contributed by atoms with van der Waals surface area (Å²) < 4.78 is 5.72. The Morgan fingerprint density at radius 2 is 2.21 bits per heavy atom. The molecule has 4 nitrogen and oxygen atoms in total. The van der Waals surface area contributed by atoms with Gasteiger partial charge in [-0.15, -0.1) is 0 Å². The lowest BCUT2D eigenvalue weighted by atomic mass is 9.94. The summed E-state index contributed by atoms with van der Waals surface area (Å²) >= 11 is 1.72. The quantitative estimate of drug-likeness (QED) is 0.866. The first-order valence-corrected chi connectivity index (χ1v) is 7.71. The second kappa shape index (κ2) is 5.19. The summed E-state index contributed by atoms with van der Waals surface area (Å²) in [7, 11) is 0. The maximum atomic E-state index is 10.8. The van der Waals surface area contributed by atoms with E-state index in [1.54, 1.807) is 18.0 Å². The van der Waals surface area contributed by atoms with Crippen molar-refractivity contribution in [2.45, 2.75) is 51.2 Å². The molecule has 19 heavy (non-hydrogen) atoms. The Balaban J connectivity index is 1.80. The Labute approximate surface area is 118 Å². The molecule has 2 rings (SSSR count). The molecule has 0 amide bonds. The zero-order chi connectivity index (χ0) is 14.1. The summed E-state index contributed by atoms with van der Waals surface area (Å²) in [5.41, 5.74) is 0.0207. The Kier molecular flexibility index (Phi) is 3.95. The Hall–Kier alpha value is -0.970. The lowest BCUT2D eigenvalue weighted by Gasteiger charge is -2.13. The summed E-state index contributed by atoms with van der Waals surface area (Å²) in [6.45, 7) is 6.28. The minimum atomic E-state index is -0.691. The van der Waals surface area contributed by atoms with Crippen molar-refractivity contribution in [3.05, 3.63) is 17.8 Å². The molecule has 1 aromatic rings. The first-order valence-electron chi connectivity index (χ1n) is 6.56. The predicted molar refractivity (Wildman–Crippen MR) is 75.3 cm³/mol. The standard InChI is InChI=1S/C14H21NO3S/c1-13(2,3)10-7-15-11(18-10)8-19-9-14(4-5-14)6-12(16)17/h7H,4-6,8-9H2,1-3H3,(H,16,17). The van der Waals surface area contributed by atoms with Crippen LogP contribution in [0.15, 0.2) is 10.6 Å². The van der Waals surface area contributed by atoms with Crippen LogP contribution >= 0.6 is 11.8 Å². The van der Waals surface area contributed by atoms with Crippen LogP contribution in [0.5, 0.6) is 0 Å². The highest BCUT2D eigenvalue weighted by Gasteiger charge is 2.44. The zero-order valence-corrected chi connectivity index (χ0v) is 12.5. The van der Waals surface area contributed by atoms with Gasteiger partial charge in [0.25, 0.3) is 0 Å². The number of aromatic nitrogens is 1. The molecule has 1 heterocycles. The van der Waals surface area contributed by atoms with E-state index in [1.165, 1.54) is 0 Å². The summed E-state index contributed by atoms with van der Waals surface area (Å²) in [6, 6.07) is 0. The third-order valence-electron chi connectivity index (χ3n) is 3.41. The lowest BCUT2D eigenvalue weighted by Crippen LogP contribution is -2.11. The van der Waals surface area contributed by atoms with E-state index in [0.29, 0.717) is 6.42 Å². The highest BCUT2D eigenvalue weighted by atomic mass is 32.2. The van der Waals surface area contributed by atoms with Crippen LogP contribution in [0.4, 0.5) is 0 Å². The van der Waals surface area contributed by atoms with Gasteiger partial charge in [0.1, 0.15) is 5.76 Å². The first-order chi connectivity index (χ1) is 8.81. The van der Waals surface area contributed by atoms with Gasteiger partial charge in [0.15, 0.2) is 0 Å². The van der Waals surface area contributed by atoms with Crippen LogP contribution < -0.4 is 0 Å². The molecule has 1 N–H and O–H groups in total. The van der Waals surface area contributed by atoms with Gasteiger partial charge < -0.3 is 9.52 Å². The molecule has 0 aliphatic heterocycles. The van der Waals surface area contributed by atoms with Crippen LogP contribution in [0.2, 0.25) is 0 Å². The molecule has 0 saturated heterocycles. The van der Waals surface area contributed by atoms with E-state index in [1.807, 2.05) is 0 Å². The summed E-state index contributed by atoms with van der Waals surface area (Å²) in [5.74, 6) is 2.55. The van der Waals surface area contributed by atoms with E-state index in [2.05, 4.69) is 25.8 Å². The van der Waals surface area contributed by atoms with Crippen molar-refractivity contribution in [2.24, 2.45) is 5.41 Å². The molecule has 0 aromatic carbocycles. The zero-order valence-electron chi connectivity index (χ0n) is 11.7. The van der Waals surface area contributed by atoms with Gasteiger partial charge in [0.2, 0.25) is 5.89 Å². The summed E-state index contributed by atoms with van der Waals surface area (Å²) in [5, 5.41) is 8.86. The predicted octanol–water partition coefficient (Wildman–Crippen LogP) is 3.46. The van der Waals surface area contributed by atoms with Crippen molar-refractivity contribution in [1.82, 2.24) is 4.98 Å². The van der Waals surface area contributed by atoms with E-state index in [4.69, 9.17) is 9.52 Å². The average molecular weight is 283 g/mol. The molecule has 0 atom stereocenters. The van der Waals surface area contributed by atoms with Crippen LogP contribution in [0, 0.1) is 5.41 Å². The van der Waals surface area contributed by atoms with Gasteiger partial charge >= 0.3 is 5.97 Å². The molecule has 0 radical (unpaired) electrons. The van der Waals surface area contributed by atoms with Crippen molar-refractivity contribution in [3.63, 3.8) is 0 Å². The van der Waals surface area contributed by atoms with Crippen LogP contribution in [0.3, 0.4) is 0 Å². The van der Waals surface area contributed by atoms with Crippen molar-refractivity contribution < 1.29 is 14.3 Å². The Morgan fingerprint density at radius 3 is 2.68 bits per heavy atom. The van der Waals surface area contributed by atoms with Gasteiger partial charge in [0, 0.05) is 5.41 Å². The van der Waals surface area contributed by atoms with Crippen molar-refractivity contribution in [1.29, 1.82) is 0 Å². The van der Waals surface area contributed by atoms with Crippen LogP contribution in [-0.2, 0) is 16.0 Å². The fraction of sp³-hybridized carbons (Fsp3) is 0.714. The molecule has 1 aliphatic rings. The number of carbonyl (C=O) groups is 1. The maximum Gasteiger partial charge on any atom is 0.303 e. The molecular formula is C14H21NO3S. The third kappa shape index (κ3) is 4.00. The molecule has 0 unspecified atom stereocenters. The molecule has 106 valence electrons. The number of hydrogen-bond donors (Lipinski definition) is 1. The highest BCUT2D eigenvalue weighted by molar-refractivity contribution is 7.98. The summed E-state index contributed by atoms with van der Waals surface area (Å²) in [4.78, 5) is 15.0. The number of thioether (sulfide) groups is 1. The fourth-order valence-corrected chi connectivity index (χ4v) is 3.18. The maximum absolute atomic E-state index is 10.8. The normalized spacial score (nSPS) is 17.4. The number of rotatable bonds is 6. The number of hydrogen-bond acceptors (Lipinski definition) is 4. The van der Waals surface area contributed by atoms with Crippen molar-refractivity contribution in [3.8, 4) is 0 Å². The first kappa shape index (κ1) is 14.4. The van der Waals surface area contributed by atoms with E-state index in [-0.39, 0.29) is 10.8 Å². The second-order valence-corrected chi connectivity index (χ2v) is 7.42. The SMILES string of the molecule is CC(C)(C)c1cnc(CSCC2(CC(=O)O)CC2)o1. The van der Waals surface area contributed by atoms with Crippen molar-refractivity contribution in [2.75, 3.05) is 5.75 Å². The van der Waals surface area contributed by atoms with Crippen LogP contribution in [-0.4, -0.2) is 21.8 Å². The smallest absolute Gasteiger partial charge is 0.303 e. The van der Waals surface area contributed by atoms with Gasteiger partial charge in [-0.05, 0) is 24.0 Å². The molecule has 1 fully saturated rings. The molecule has 0 bridgehead atoms. The van der Waals surface area contributed by atoms with E-state index < -0.39 is 5.97 Å². The number of carboxylic acids is 1. The minimum Gasteiger partial charge on any atom is -0.481 e. The summed E-state index contributed by atoms with van der Waals surface area (Å²) in [6.07, 6.45) is 4.15. The van der Waals surface area contributed by atoms with Crippen molar-refractivity contribution >= 4 is 17.7 Å². The van der Waals surface area contributed by atoms with Gasteiger partial charge in [-0.1, -0.05) is 20.8 Å². The molecule has 1 aromatic heterocycles. The number of aliphatic carboxylic acids is 1. The second-order valence-electron chi connectivity index (χ2n) is 6.43. The average Bonchev–Trinajstić information content (AvgIpc) is 2.85. The van der Waals surface area contributed by atoms with E-state index in [9.17, 15) is 4.79 Å². The number of oxazole rings is 1. The van der Waals surface area contributed by atoms with Crippen LogP contribution in [0.1, 0.15) is 51.7 Å². The van der Waals surface area contributed by atoms with E-state index in [0.717, 1.165) is 36.0 Å². The van der Waals surface area contributed by atoms with Gasteiger partial charge in [-0.2, -0.15) is 11.8 Å². The molecule has 5 heteroatoms. The molecular weight excluding hydrogens is 262 g/mol. The fourth-order valence-electron chi connectivity index (χ4n) is 1.95. The minimum absolute atomic E-state index is 0.0169. The van der Waals surface area contributed by atoms with Gasteiger partial charge in [-0.3, -0.25) is 4.79 Å². The largest absolute Gasteiger partial charge is 0.481 e. The highest BCUT2D eigenvalue weighted by Crippen LogP contribution is 2.51. The molecule has 1 saturated carbocycles. The Morgan fingerprint density at radius 1 is 1.53 bits per heavy atom. The lowest BCUT2D eigenvalue weighted by molar-refractivity contribution is -0.138. The number of carboxylic acid groups (broad SMARTS) is 1. The number of nitrogens with zero attached hydrogens (tertiary/aromatic N) is 1.